The first kappa shape index (κ1) is 28.6. The quantitative estimate of drug-likeness (QED) is 0.393. The minimum atomic E-state index is -4.83. The average molecular weight is 544 g/mol. The highest BCUT2D eigenvalue weighted by Gasteiger charge is 2.38. The van der Waals surface area contributed by atoms with Gasteiger partial charge < -0.3 is 15.1 Å². The number of nitro groups is 1. The Hall–Kier alpha value is -3.00. The van der Waals surface area contributed by atoms with Crippen LogP contribution in [0.25, 0.3) is 0 Å². The Bertz CT molecular complexity index is 1090. The van der Waals surface area contributed by atoms with Crippen molar-refractivity contribution in [1.82, 2.24) is 20.0 Å². The number of benzene rings is 1. The van der Waals surface area contributed by atoms with Crippen LogP contribution in [0.5, 0.6) is 0 Å². The molecule has 0 aliphatic carbocycles. The number of nitrogens with one attached hydrogen (secondary N) is 1. The van der Waals surface area contributed by atoms with Crippen LogP contribution in [-0.4, -0.2) is 82.7 Å². The Morgan fingerprint density at radius 2 is 1.95 bits per heavy atom. The molecule has 3 heterocycles. The number of carbonyl (C=O) groups excluding carboxylic acids is 1. The van der Waals surface area contributed by atoms with Gasteiger partial charge in [-0.15, -0.1) is 10.2 Å². The number of aryl methyl sites for hydroxylation is 1. The number of carbonyl (C=O) groups is 1. The van der Waals surface area contributed by atoms with Crippen LogP contribution in [0, 0.1) is 17.0 Å². The van der Waals surface area contributed by atoms with Gasteiger partial charge in [-0.2, -0.15) is 13.2 Å². The maximum Gasteiger partial charge on any atom is 0.423 e. The second-order valence-corrected chi connectivity index (χ2v) is 10.2. The molecule has 0 saturated carbocycles. The van der Waals surface area contributed by atoms with Gasteiger partial charge in [-0.3, -0.25) is 19.8 Å². The van der Waals surface area contributed by atoms with Crippen molar-refractivity contribution in [2.75, 3.05) is 56.0 Å². The Morgan fingerprint density at radius 1 is 1.22 bits per heavy atom. The van der Waals surface area contributed by atoms with E-state index in [4.69, 9.17) is 0 Å². The van der Waals surface area contributed by atoms with Gasteiger partial charge in [0.2, 0.25) is 11.0 Å². The number of anilines is 2. The molecule has 0 spiro atoms. The number of aromatic nitrogens is 2. The van der Waals surface area contributed by atoms with Gasteiger partial charge in [0.1, 0.15) is 10.6 Å². The zero-order chi connectivity index (χ0) is 25.9. The minimum Gasteiger partial charge on any atom is -0.380 e. The fourth-order valence-corrected chi connectivity index (χ4v) is 5.28. The van der Waals surface area contributed by atoms with Crippen molar-refractivity contribution in [3.8, 4) is 0 Å². The molecule has 2 aromatic rings. The van der Waals surface area contributed by atoms with E-state index in [1.54, 1.807) is 16.2 Å². The summed E-state index contributed by atoms with van der Waals surface area (Å²) in [4.78, 5) is 28.8. The summed E-state index contributed by atoms with van der Waals surface area (Å²) in [5.41, 5.74) is -2.12. The van der Waals surface area contributed by atoms with E-state index in [0.29, 0.717) is 25.9 Å². The largest absolute Gasteiger partial charge is 0.423 e. The third kappa shape index (κ3) is 7.28. The zero-order valence-electron chi connectivity index (χ0n) is 19.8. The SMILES string of the molecule is C.Cc1nnc(N2CCN(CCCC(=O)N3CC[C@@H](Nc4ccc([N+](=O)[O-])c(C(F)(F)F)c4)C3)CC2)s1. The third-order valence-corrected chi connectivity index (χ3v) is 7.33. The van der Waals surface area contributed by atoms with Gasteiger partial charge in [-0.25, -0.2) is 0 Å². The number of amides is 1. The molecule has 1 amide bonds. The van der Waals surface area contributed by atoms with E-state index in [2.05, 4.69) is 25.3 Å². The lowest BCUT2D eigenvalue weighted by Crippen LogP contribution is -2.46. The van der Waals surface area contributed by atoms with E-state index in [-0.39, 0.29) is 25.1 Å². The zero-order valence-corrected chi connectivity index (χ0v) is 20.6. The lowest BCUT2D eigenvalue weighted by Gasteiger charge is -2.34. The standard InChI is InChI=1S/C22H28F3N7O3S.CH4/c1-15-27-28-21(36-15)30-11-9-29(10-12-30)7-2-3-20(33)31-8-6-17(14-31)26-16-4-5-19(32(34)35)18(13-16)22(23,24)25;/h4-5,13,17,26H,2-3,6-12,14H2,1H3;1H4/t17-;/m1./s1. The van der Waals surface area contributed by atoms with Crippen LogP contribution in [0.2, 0.25) is 0 Å². The Morgan fingerprint density at radius 3 is 2.57 bits per heavy atom. The smallest absolute Gasteiger partial charge is 0.380 e. The molecule has 1 atom stereocenters. The molecule has 2 aliphatic rings. The first-order chi connectivity index (χ1) is 17.1. The van der Waals surface area contributed by atoms with Crippen molar-refractivity contribution in [1.29, 1.82) is 0 Å². The van der Waals surface area contributed by atoms with E-state index >= 15 is 0 Å². The molecular weight excluding hydrogens is 511 g/mol. The van der Waals surface area contributed by atoms with Gasteiger partial charge in [0.25, 0.3) is 5.69 Å². The minimum absolute atomic E-state index is 0. The maximum absolute atomic E-state index is 13.2. The number of nitro benzene ring substituents is 1. The molecule has 10 nitrogen and oxygen atoms in total. The van der Waals surface area contributed by atoms with Crippen LogP contribution >= 0.6 is 11.3 Å². The highest BCUT2D eigenvalue weighted by molar-refractivity contribution is 7.15. The van der Waals surface area contributed by atoms with Gasteiger partial charge in [0.15, 0.2) is 0 Å². The predicted molar refractivity (Wildman–Crippen MR) is 136 cm³/mol. The molecule has 1 aromatic heterocycles. The highest BCUT2D eigenvalue weighted by Crippen LogP contribution is 2.37. The summed E-state index contributed by atoms with van der Waals surface area (Å²) in [6.07, 6.45) is -3.08. The molecule has 1 N–H and O–H groups in total. The summed E-state index contributed by atoms with van der Waals surface area (Å²) in [5.74, 6) is 0.0296. The first-order valence-electron chi connectivity index (χ1n) is 11.8. The molecule has 2 saturated heterocycles. The van der Waals surface area contributed by atoms with Gasteiger partial charge in [0.05, 0.1) is 4.92 Å². The normalized spacial score (nSPS) is 18.5. The number of likely N-dealkylation sites (tertiary alicyclic amines) is 1. The Labute approximate surface area is 217 Å². The number of halogens is 3. The number of nitrogens with zero attached hydrogens (tertiary/aromatic N) is 6. The molecule has 0 unspecified atom stereocenters. The number of hydrogen-bond donors (Lipinski definition) is 1. The number of hydrogen-bond acceptors (Lipinski definition) is 9. The van der Waals surface area contributed by atoms with Crippen molar-refractivity contribution < 1.29 is 22.9 Å². The number of alkyl halides is 3. The lowest BCUT2D eigenvalue weighted by molar-refractivity contribution is -0.388. The van der Waals surface area contributed by atoms with Crippen LogP contribution in [0.1, 0.15) is 37.3 Å². The first-order valence-corrected chi connectivity index (χ1v) is 12.6. The molecule has 14 heteroatoms. The fraction of sp³-hybridized carbons (Fsp3) is 0.609. The van der Waals surface area contributed by atoms with Gasteiger partial charge in [-0.05, 0) is 38.4 Å². The molecule has 0 radical (unpaired) electrons. The second-order valence-electron chi connectivity index (χ2n) is 8.99. The number of piperazine rings is 1. The summed E-state index contributed by atoms with van der Waals surface area (Å²) >= 11 is 1.59. The van der Waals surface area contributed by atoms with E-state index < -0.39 is 22.4 Å². The summed E-state index contributed by atoms with van der Waals surface area (Å²) in [6.45, 7) is 7.23. The molecule has 204 valence electrons. The lowest BCUT2D eigenvalue weighted by atomic mass is 10.1. The molecule has 2 aliphatic heterocycles. The topological polar surface area (TPSA) is 108 Å². The molecule has 37 heavy (non-hydrogen) atoms. The summed E-state index contributed by atoms with van der Waals surface area (Å²) in [6, 6.07) is 2.67. The molecule has 2 fully saturated rings. The van der Waals surface area contributed by atoms with E-state index in [1.807, 2.05) is 6.92 Å². The van der Waals surface area contributed by atoms with Gasteiger partial charge in [-0.1, -0.05) is 18.8 Å². The van der Waals surface area contributed by atoms with Crippen LogP contribution in [0.4, 0.5) is 29.7 Å². The average Bonchev–Trinajstić information content (AvgIpc) is 3.48. The predicted octanol–water partition coefficient (Wildman–Crippen LogP) is 4.02. The fourth-order valence-electron chi connectivity index (χ4n) is 4.54. The number of rotatable bonds is 8. The van der Waals surface area contributed by atoms with Crippen molar-refractivity contribution in [2.24, 2.45) is 0 Å². The van der Waals surface area contributed by atoms with Crippen LogP contribution < -0.4 is 10.2 Å². The van der Waals surface area contributed by atoms with E-state index in [1.165, 1.54) is 6.07 Å². The van der Waals surface area contributed by atoms with Crippen LogP contribution in [0.15, 0.2) is 18.2 Å². The maximum atomic E-state index is 13.2. The third-order valence-electron chi connectivity index (χ3n) is 6.43. The molecular formula is C23H32F3N7O3S. The monoisotopic (exact) mass is 543 g/mol. The highest BCUT2D eigenvalue weighted by atomic mass is 32.1. The summed E-state index contributed by atoms with van der Waals surface area (Å²) in [5, 5.41) is 24.1. The van der Waals surface area contributed by atoms with Crippen molar-refractivity contribution in [2.45, 2.75) is 45.8 Å². The van der Waals surface area contributed by atoms with E-state index in [9.17, 15) is 28.1 Å². The summed E-state index contributed by atoms with van der Waals surface area (Å²) in [7, 11) is 0. The molecule has 0 bridgehead atoms. The molecule has 1 aromatic carbocycles. The Kier molecular flexibility index (Phi) is 9.29. The van der Waals surface area contributed by atoms with Gasteiger partial charge >= 0.3 is 6.18 Å². The summed E-state index contributed by atoms with van der Waals surface area (Å²) < 4.78 is 39.7. The molecule has 4 rings (SSSR count). The van der Waals surface area contributed by atoms with Gasteiger partial charge in [0, 0.05) is 63.5 Å². The van der Waals surface area contributed by atoms with Crippen LogP contribution in [-0.2, 0) is 11.0 Å². The van der Waals surface area contributed by atoms with Crippen molar-refractivity contribution in [3.05, 3.63) is 38.9 Å². The van der Waals surface area contributed by atoms with Crippen molar-refractivity contribution in [3.63, 3.8) is 0 Å². The second kappa shape index (κ2) is 12.0. The van der Waals surface area contributed by atoms with E-state index in [0.717, 1.165) is 61.4 Å². The van der Waals surface area contributed by atoms with Crippen molar-refractivity contribution >= 4 is 33.8 Å². The Balaban J connectivity index is 0.00000380. The van der Waals surface area contributed by atoms with Crippen LogP contribution in [0.3, 0.4) is 0 Å².